The molecule has 21 heavy (non-hydrogen) atoms. The standard InChI is InChI=1S/C16H23N3O2/c1-20-9-10-21-8-3-2-7-18-16-14(12-17)11-13-5-4-6-15(13)19-16/h11H,2-10H2,1H3,(H,18,19). The summed E-state index contributed by atoms with van der Waals surface area (Å²) in [7, 11) is 1.67. The van der Waals surface area contributed by atoms with Gasteiger partial charge >= 0.3 is 0 Å². The molecule has 2 rings (SSSR count). The average Bonchev–Trinajstić information content (AvgIpc) is 2.96. The van der Waals surface area contributed by atoms with Crippen LogP contribution in [0.3, 0.4) is 0 Å². The van der Waals surface area contributed by atoms with E-state index in [9.17, 15) is 5.26 Å². The molecule has 0 amide bonds. The van der Waals surface area contributed by atoms with Gasteiger partial charge in [-0.2, -0.15) is 5.26 Å². The lowest BCUT2D eigenvalue weighted by Crippen LogP contribution is -2.09. The van der Waals surface area contributed by atoms with Gasteiger partial charge in [-0.05, 0) is 43.7 Å². The van der Waals surface area contributed by atoms with Crippen molar-refractivity contribution >= 4 is 5.82 Å². The first-order valence-electron chi connectivity index (χ1n) is 7.58. The van der Waals surface area contributed by atoms with Crippen molar-refractivity contribution < 1.29 is 9.47 Å². The van der Waals surface area contributed by atoms with Crippen LogP contribution in [0.4, 0.5) is 5.82 Å². The summed E-state index contributed by atoms with van der Waals surface area (Å²) in [6.45, 7) is 2.85. The minimum Gasteiger partial charge on any atom is -0.382 e. The fourth-order valence-electron chi connectivity index (χ4n) is 2.47. The Morgan fingerprint density at radius 3 is 3.00 bits per heavy atom. The number of ether oxygens (including phenoxy) is 2. The van der Waals surface area contributed by atoms with E-state index in [1.54, 1.807) is 7.11 Å². The Morgan fingerprint density at radius 2 is 2.19 bits per heavy atom. The van der Waals surface area contributed by atoms with Crippen molar-refractivity contribution in [3.05, 3.63) is 22.9 Å². The largest absolute Gasteiger partial charge is 0.382 e. The summed E-state index contributed by atoms with van der Waals surface area (Å²) in [6.07, 6.45) is 5.22. The summed E-state index contributed by atoms with van der Waals surface area (Å²) in [5.41, 5.74) is 3.05. The quantitative estimate of drug-likeness (QED) is 0.707. The van der Waals surface area contributed by atoms with Gasteiger partial charge in [-0.3, -0.25) is 0 Å². The molecule has 1 aromatic rings. The zero-order valence-corrected chi connectivity index (χ0v) is 12.7. The first kappa shape index (κ1) is 15.7. The molecule has 0 spiro atoms. The van der Waals surface area contributed by atoms with Gasteiger partial charge in [0.05, 0.1) is 18.8 Å². The van der Waals surface area contributed by atoms with Crippen molar-refractivity contribution in [3.8, 4) is 6.07 Å². The second-order valence-corrected chi connectivity index (χ2v) is 5.19. The Morgan fingerprint density at radius 1 is 1.29 bits per heavy atom. The van der Waals surface area contributed by atoms with Crippen LogP contribution in [0, 0.1) is 11.3 Å². The number of fused-ring (bicyclic) bond motifs is 1. The molecule has 0 aromatic carbocycles. The van der Waals surface area contributed by atoms with Gasteiger partial charge in [0.1, 0.15) is 11.9 Å². The number of nitrogens with zero attached hydrogens (tertiary/aromatic N) is 2. The maximum Gasteiger partial charge on any atom is 0.144 e. The third-order valence-electron chi connectivity index (χ3n) is 3.61. The van der Waals surface area contributed by atoms with E-state index in [2.05, 4.69) is 16.4 Å². The van der Waals surface area contributed by atoms with Crippen molar-refractivity contribution in [2.45, 2.75) is 32.1 Å². The van der Waals surface area contributed by atoms with Crippen molar-refractivity contribution in [2.24, 2.45) is 0 Å². The Bertz CT molecular complexity index is 497. The third-order valence-corrected chi connectivity index (χ3v) is 3.61. The van der Waals surface area contributed by atoms with Crippen LogP contribution in [-0.4, -0.2) is 38.5 Å². The van der Waals surface area contributed by atoms with Crippen LogP contribution in [0.1, 0.15) is 36.1 Å². The molecule has 0 bridgehead atoms. The fourth-order valence-corrected chi connectivity index (χ4v) is 2.47. The average molecular weight is 289 g/mol. The predicted octanol–water partition coefficient (Wildman–Crippen LogP) is 2.30. The van der Waals surface area contributed by atoms with Crippen molar-refractivity contribution in [1.29, 1.82) is 5.26 Å². The van der Waals surface area contributed by atoms with Gasteiger partial charge in [0, 0.05) is 26.0 Å². The smallest absolute Gasteiger partial charge is 0.144 e. The van der Waals surface area contributed by atoms with Gasteiger partial charge in [0.15, 0.2) is 0 Å². The molecule has 0 radical (unpaired) electrons. The maximum absolute atomic E-state index is 9.21. The van der Waals surface area contributed by atoms with Gasteiger partial charge in [0.25, 0.3) is 0 Å². The molecule has 0 aliphatic heterocycles. The summed E-state index contributed by atoms with van der Waals surface area (Å²) in [4.78, 5) is 4.60. The van der Waals surface area contributed by atoms with Crippen LogP contribution >= 0.6 is 0 Å². The Balaban J connectivity index is 1.72. The van der Waals surface area contributed by atoms with Crippen LogP contribution in [0.2, 0.25) is 0 Å². The van der Waals surface area contributed by atoms with E-state index in [0.717, 1.165) is 56.8 Å². The number of pyridine rings is 1. The van der Waals surface area contributed by atoms with E-state index in [0.29, 0.717) is 18.8 Å². The van der Waals surface area contributed by atoms with E-state index in [4.69, 9.17) is 9.47 Å². The lowest BCUT2D eigenvalue weighted by Gasteiger charge is -2.10. The van der Waals surface area contributed by atoms with Gasteiger partial charge in [-0.25, -0.2) is 4.98 Å². The number of anilines is 1. The second-order valence-electron chi connectivity index (χ2n) is 5.19. The van der Waals surface area contributed by atoms with E-state index in [1.807, 2.05) is 6.07 Å². The molecule has 5 nitrogen and oxygen atoms in total. The van der Waals surface area contributed by atoms with Crippen LogP contribution in [0.25, 0.3) is 0 Å². The SMILES string of the molecule is COCCOCCCCNc1nc2c(cc1C#N)CCC2. The molecule has 1 N–H and O–H groups in total. The number of nitrogens with one attached hydrogen (secondary N) is 1. The van der Waals surface area contributed by atoms with Crippen LogP contribution in [-0.2, 0) is 22.3 Å². The molecule has 0 atom stereocenters. The maximum atomic E-state index is 9.21. The van der Waals surface area contributed by atoms with E-state index in [1.165, 1.54) is 5.56 Å². The first-order valence-corrected chi connectivity index (χ1v) is 7.58. The van der Waals surface area contributed by atoms with E-state index in [-0.39, 0.29) is 0 Å². The highest BCUT2D eigenvalue weighted by atomic mass is 16.5. The van der Waals surface area contributed by atoms with Crippen LogP contribution in [0.15, 0.2) is 6.07 Å². The molecule has 5 heteroatoms. The number of aryl methyl sites for hydroxylation is 2. The number of rotatable bonds is 9. The van der Waals surface area contributed by atoms with Crippen molar-refractivity contribution in [1.82, 2.24) is 4.98 Å². The van der Waals surface area contributed by atoms with Gasteiger partial charge < -0.3 is 14.8 Å². The molecule has 1 heterocycles. The molecule has 1 aliphatic carbocycles. The van der Waals surface area contributed by atoms with Crippen LogP contribution < -0.4 is 5.32 Å². The Labute approximate surface area is 126 Å². The number of nitriles is 1. The van der Waals surface area contributed by atoms with Gasteiger partial charge in [-0.1, -0.05) is 0 Å². The highest BCUT2D eigenvalue weighted by Crippen LogP contribution is 2.24. The summed E-state index contributed by atoms with van der Waals surface area (Å²) in [5.74, 6) is 0.735. The monoisotopic (exact) mass is 289 g/mol. The highest BCUT2D eigenvalue weighted by molar-refractivity contribution is 5.55. The van der Waals surface area contributed by atoms with Gasteiger partial charge in [0.2, 0.25) is 0 Å². The summed E-state index contributed by atoms with van der Waals surface area (Å²) < 4.78 is 10.3. The molecule has 0 unspecified atom stereocenters. The lowest BCUT2D eigenvalue weighted by molar-refractivity contribution is 0.0691. The second kappa shape index (κ2) is 8.60. The third kappa shape index (κ3) is 4.69. The Hall–Kier alpha value is -1.64. The molecule has 1 aliphatic rings. The summed E-state index contributed by atoms with van der Waals surface area (Å²) in [6, 6.07) is 4.23. The molecule has 0 saturated heterocycles. The lowest BCUT2D eigenvalue weighted by atomic mass is 10.1. The zero-order chi connectivity index (χ0) is 14.9. The summed E-state index contributed by atoms with van der Waals surface area (Å²) in [5, 5.41) is 12.5. The number of aromatic nitrogens is 1. The highest BCUT2D eigenvalue weighted by Gasteiger charge is 2.15. The molecule has 1 aromatic heterocycles. The number of hydrogen-bond donors (Lipinski definition) is 1. The molecule has 0 fully saturated rings. The van der Waals surface area contributed by atoms with E-state index >= 15 is 0 Å². The number of unbranched alkanes of at least 4 members (excludes halogenated alkanes) is 1. The molecule has 114 valence electrons. The van der Waals surface area contributed by atoms with Crippen molar-refractivity contribution in [2.75, 3.05) is 38.8 Å². The van der Waals surface area contributed by atoms with Crippen LogP contribution in [0.5, 0.6) is 0 Å². The van der Waals surface area contributed by atoms with Crippen molar-refractivity contribution in [3.63, 3.8) is 0 Å². The predicted molar refractivity (Wildman–Crippen MR) is 81.4 cm³/mol. The molecule has 0 saturated carbocycles. The minimum absolute atomic E-state index is 0.642. The number of methoxy groups -OCH3 is 1. The Kier molecular flexibility index (Phi) is 6.45. The normalized spacial score (nSPS) is 13.0. The number of hydrogen-bond acceptors (Lipinski definition) is 5. The topological polar surface area (TPSA) is 67.2 Å². The minimum atomic E-state index is 0.642. The molecular weight excluding hydrogens is 266 g/mol. The fraction of sp³-hybridized carbons (Fsp3) is 0.625. The molecular formula is C16H23N3O2. The first-order chi connectivity index (χ1) is 10.3. The summed E-state index contributed by atoms with van der Waals surface area (Å²) >= 11 is 0. The zero-order valence-electron chi connectivity index (χ0n) is 12.7. The van der Waals surface area contributed by atoms with Gasteiger partial charge in [-0.15, -0.1) is 0 Å². The van der Waals surface area contributed by atoms with E-state index < -0.39 is 0 Å².